The first kappa shape index (κ1) is 15.4. The molecular formula is C18H14N4O2. The van der Waals surface area contributed by atoms with E-state index in [1.807, 2.05) is 0 Å². The van der Waals surface area contributed by atoms with Gasteiger partial charge >= 0.3 is 0 Å². The molecule has 118 valence electrons. The van der Waals surface area contributed by atoms with Crippen LogP contribution in [-0.4, -0.2) is 21.8 Å². The largest absolute Gasteiger partial charge is 0.366 e. The Morgan fingerprint density at radius 2 is 1.42 bits per heavy atom. The predicted octanol–water partition coefficient (Wildman–Crippen LogP) is 2.55. The number of rotatable bonds is 4. The van der Waals surface area contributed by atoms with Gasteiger partial charge in [-0.3, -0.25) is 24.5 Å². The van der Waals surface area contributed by atoms with Gasteiger partial charge in [-0.2, -0.15) is 0 Å². The number of benzene rings is 1. The van der Waals surface area contributed by atoms with Crippen LogP contribution in [0.25, 0.3) is 0 Å². The van der Waals surface area contributed by atoms with Crippen molar-refractivity contribution in [2.24, 2.45) is 5.73 Å². The van der Waals surface area contributed by atoms with Gasteiger partial charge in [-0.25, -0.2) is 0 Å². The molecule has 3 aromatic rings. The van der Waals surface area contributed by atoms with Crippen LogP contribution in [0.1, 0.15) is 20.7 Å². The first-order chi connectivity index (χ1) is 11.7. The van der Waals surface area contributed by atoms with Crippen molar-refractivity contribution in [1.82, 2.24) is 9.97 Å². The van der Waals surface area contributed by atoms with Crippen molar-refractivity contribution >= 4 is 23.2 Å². The van der Waals surface area contributed by atoms with Crippen molar-refractivity contribution in [3.8, 4) is 0 Å². The van der Waals surface area contributed by atoms with Crippen LogP contribution in [0.4, 0.5) is 11.4 Å². The van der Waals surface area contributed by atoms with Crippen molar-refractivity contribution in [2.45, 2.75) is 0 Å². The van der Waals surface area contributed by atoms with Crippen LogP contribution < -0.4 is 10.6 Å². The number of pyridine rings is 2. The molecule has 6 heteroatoms. The van der Waals surface area contributed by atoms with Crippen LogP contribution in [0.2, 0.25) is 0 Å². The minimum Gasteiger partial charge on any atom is -0.366 e. The van der Waals surface area contributed by atoms with Crippen LogP contribution in [0, 0.1) is 0 Å². The molecule has 2 aromatic heterocycles. The molecule has 2 N–H and O–H groups in total. The zero-order valence-corrected chi connectivity index (χ0v) is 12.7. The van der Waals surface area contributed by atoms with Gasteiger partial charge in [-0.15, -0.1) is 0 Å². The molecule has 0 fully saturated rings. The molecule has 0 atom stereocenters. The molecule has 0 aliphatic carbocycles. The number of nitrogens with two attached hydrogens (primary N) is 1. The highest BCUT2D eigenvalue weighted by molar-refractivity contribution is 6.11. The standard InChI is InChI=1S/C18H14N4O2/c19-17(23)13-4-1-5-14(10-13)18(24)22(15-6-2-8-20-11-15)16-7-3-9-21-12-16/h1-12H,(H2,19,23). The second kappa shape index (κ2) is 6.70. The monoisotopic (exact) mass is 318 g/mol. The molecule has 0 saturated carbocycles. The highest BCUT2D eigenvalue weighted by Gasteiger charge is 2.20. The zero-order valence-electron chi connectivity index (χ0n) is 12.7. The maximum atomic E-state index is 13.0. The minimum atomic E-state index is -0.584. The number of primary amides is 1. The molecule has 2 amide bonds. The summed E-state index contributed by atoms with van der Waals surface area (Å²) >= 11 is 0. The maximum absolute atomic E-state index is 13.0. The lowest BCUT2D eigenvalue weighted by molar-refractivity contribution is 0.0998. The SMILES string of the molecule is NC(=O)c1cccc(C(=O)N(c2cccnc2)c2cccnc2)c1. The molecule has 0 saturated heterocycles. The Morgan fingerprint density at radius 1 is 0.833 bits per heavy atom. The molecule has 0 spiro atoms. The molecule has 0 radical (unpaired) electrons. The van der Waals surface area contributed by atoms with E-state index in [0.29, 0.717) is 16.9 Å². The summed E-state index contributed by atoms with van der Waals surface area (Å²) in [6, 6.07) is 13.3. The molecule has 24 heavy (non-hydrogen) atoms. The van der Waals surface area contributed by atoms with Crippen LogP contribution in [0.15, 0.2) is 73.3 Å². The highest BCUT2D eigenvalue weighted by Crippen LogP contribution is 2.26. The Bertz CT molecular complexity index is 827. The van der Waals surface area contributed by atoms with E-state index in [2.05, 4.69) is 9.97 Å². The van der Waals surface area contributed by atoms with E-state index in [-0.39, 0.29) is 11.5 Å². The van der Waals surface area contributed by atoms with E-state index in [0.717, 1.165) is 0 Å². The summed E-state index contributed by atoms with van der Waals surface area (Å²) in [4.78, 5) is 34.0. The van der Waals surface area contributed by atoms with Crippen LogP contribution in [-0.2, 0) is 0 Å². The molecule has 0 bridgehead atoms. The summed E-state index contributed by atoms with van der Waals surface area (Å²) in [6.45, 7) is 0. The number of carbonyl (C=O) groups excluding carboxylic acids is 2. The van der Waals surface area contributed by atoms with Gasteiger partial charge in [-0.05, 0) is 42.5 Å². The number of carbonyl (C=O) groups is 2. The number of anilines is 2. The third kappa shape index (κ3) is 3.12. The Hall–Kier alpha value is -3.54. The van der Waals surface area contributed by atoms with Gasteiger partial charge in [0, 0.05) is 23.5 Å². The molecule has 1 aromatic carbocycles. The summed E-state index contributed by atoms with van der Waals surface area (Å²) in [6.07, 6.45) is 6.43. The fourth-order valence-corrected chi connectivity index (χ4v) is 2.29. The summed E-state index contributed by atoms with van der Waals surface area (Å²) < 4.78 is 0. The first-order valence-corrected chi connectivity index (χ1v) is 7.21. The quantitative estimate of drug-likeness (QED) is 0.800. The molecule has 2 heterocycles. The van der Waals surface area contributed by atoms with Gasteiger partial charge in [0.2, 0.25) is 5.91 Å². The third-order valence-corrected chi connectivity index (χ3v) is 3.41. The van der Waals surface area contributed by atoms with E-state index < -0.39 is 5.91 Å². The average molecular weight is 318 g/mol. The van der Waals surface area contributed by atoms with Crippen LogP contribution in [0.5, 0.6) is 0 Å². The first-order valence-electron chi connectivity index (χ1n) is 7.21. The van der Waals surface area contributed by atoms with Gasteiger partial charge in [-0.1, -0.05) is 6.07 Å². The minimum absolute atomic E-state index is 0.276. The smallest absolute Gasteiger partial charge is 0.262 e. The Kier molecular flexibility index (Phi) is 4.29. The van der Waals surface area contributed by atoms with Crippen molar-refractivity contribution in [1.29, 1.82) is 0 Å². The van der Waals surface area contributed by atoms with Crippen molar-refractivity contribution < 1.29 is 9.59 Å². The molecule has 0 aliphatic heterocycles. The van der Waals surface area contributed by atoms with Gasteiger partial charge in [0.25, 0.3) is 5.91 Å². The number of hydrogen-bond donors (Lipinski definition) is 1. The van der Waals surface area contributed by atoms with Crippen LogP contribution in [0.3, 0.4) is 0 Å². The normalized spacial score (nSPS) is 10.2. The maximum Gasteiger partial charge on any atom is 0.262 e. The highest BCUT2D eigenvalue weighted by atomic mass is 16.2. The second-order valence-electron chi connectivity index (χ2n) is 5.01. The lowest BCUT2D eigenvalue weighted by atomic mass is 10.1. The van der Waals surface area contributed by atoms with Gasteiger partial charge in [0.05, 0.1) is 23.8 Å². The van der Waals surface area contributed by atoms with Gasteiger partial charge in [0.15, 0.2) is 0 Å². The fourth-order valence-electron chi connectivity index (χ4n) is 2.29. The molecule has 0 aliphatic rings. The summed E-state index contributed by atoms with van der Waals surface area (Å²) in [5.74, 6) is -0.891. The molecule has 0 unspecified atom stereocenters. The van der Waals surface area contributed by atoms with E-state index in [1.54, 1.807) is 67.3 Å². The lowest BCUT2D eigenvalue weighted by Gasteiger charge is -2.22. The van der Waals surface area contributed by atoms with E-state index in [4.69, 9.17) is 5.73 Å². The van der Waals surface area contributed by atoms with Crippen molar-refractivity contribution in [2.75, 3.05) is 4.90 Å². The van der Waals surface area contributed by atoms with E-state index in [1.165, 1.54) is 11.0 Å². The number of aromatic nitrogens is 2. The molecular weight excluding hydrogens is 304 g/mol. The lowest BCUT2D eigenvalue weighted by Crippen LogP contribution is -2.26. The van der Waals surface area contributed by atoms with Crippen molar-refractivity contribution in [3.05, 3.63) is 84.4 Å². The predicted molar refractivity (Wildman–Crippen MR) is 89.9 cm³/mol. The van der Waals surface area contributed by atoms with E-state index in [9.17, 15) is 9.59 Å². The zero-order chi connectivity index (χ0) is 16.9. The van der Waals surface area contributed by atoms with Gasteiger partial charge in [0.1, 0.15) is 0 Å². The summed E-state index contributed by atoms with van der Waals surface area (Å²) in [5.41, 5.74) is 7.11. The topological polar surface area (TPSA) is 89.2 Å². The number of amides is 2. The summed E-state index contributed by atoms with van der Waals surface area (Å²) in [7, 11) is 0. The van der Waals surface area contributed by atoms with E-state index >= 15 is 0 Å². The van der Waals surface area contributed by atoms with Crippen LogP contribution >= 0.6 is 0 Å². The molecule has 3 rings (SSSR count). The fraction of sp³-hybridized carbons (Fsp3) is 0. The average Bonchev–Trinajstić information content (AvgIpc) is 2.64. The second-order valence-corrected chi connectivity index (χ2v) is 5.01. The molecule has 6 nitrogen and oxygen atoms in total. The Labute approximate surface area is 138 Å². The van der Waals surface area contributed by atoms with Gasteiger partial charge < -0.3 is 5.73 Å². The Balaban J connectivity index is 2.08. The third-order valence-electron chi connectivity index (χ3n) is 3.41. The van der Waals surface area contributed by atoms with Crippen molar-refractivity contribution in [3.63, 3.8) is 0 Å². The number of nitrogens with zero attached hydrogens (tertiary/aromatic N) is 3. The summed E-state index contributed by atoms with van der Waals surface area (Å²) in [5, 5.41) is 0. The Morgan fingerprint density at radius 3 is 1.92 bits per heavy atom. The number of hydrogen-bond acceptors (Lipinski definition) is 4.